The average molecular weight is 596 g/mol. The Morgan fingerprint density at radius 2 is 1.53 bits per heavy atom. The van der Waals surface area contributed by atoms with Gasteiger partial charge >= 0.3 is 24.8 Å². The molecule has 38 heavy (non-hydrogen) atoms. The van der Waals surface area contributed by atoms with E-state index in [1.807, 2.05) is 20.8 Å². The molecule has 0 bridgehead atoms. The molecular weight excluding hydrogens is 568 g/mol. The van der Waals surface area contributed by atoms with Crippen molar-refractivity contribution in [2.24, 2.45) is 5.16 Å². The zero-order chi connectivity index (χ0) is 28.5. The van der Waals surface area contributed by atoms with Crippen LogP contribution in [0.2, 0.25) is 0 Å². The number of rotatable bonds is 10. The van der Waals surface area contributed by atoms with Crippen LogP contribution in [0.15, 0.2) is 41.6 Å². The highest BCUT2D eigenvalue weighted by molar-refractivity contribution is 8.05. The minimum atomic E-state index is -6.19. The maximum absolute atomic E-state index is 15.0. The predicted octanol–water partition coefficient (Wildman–Crippen LogP) is 4.45. The van der Waals surface area contributed by atoms with E-state index >= 15 is 8.78 Å². The molecule has 0 amide bonds. The van der Waals surface area contributed by atoms with Crippen molar-refractivity contribution in [3.05, 3.63) is 64.2 Å². The quantitative estimate of drug-likeness (QED) is 0.225. The number of hydrogen-bond donors (Lipinski definition) is 0. The van der Waals surface area contributed by atoms with Gasteiger partial charge in [-0.25, -0.2) is 0 Å². The zero-order valence-electron chi connectivity index (χ0n) is 21.3. The molecule has 0 heterocycles. The first-order valence-electron chi connectivity index (χ1n) is 11.2. The van der Waals surface area contributed by atoms with Gasteiger partial charge in [0.1, 0.15) is 5.71 Å². The summed E-state index contributed by atoms with van der Waals surface area (Å²) in [5.41, 5.74) is 1.47. The van der Waals surface area contributed by atoms with Crippen molar-refractivity contribution in [1.29, 1.82) is 0 Å². The minimum Gasteiger partial charge on any atom is -0.380 e. The molecule has 1 unspecified atom stereocenters. The van der Waals surface area contributed by atoms with Crippen LogP contribution < -0.4 is 4.18 Å². The molecule has 9 nitrogen and oxygen atoms in total. The molecule has 0 N–H and O–H groups in total. The number of fused-ring (bicyclic) bond motifs is 1. The van der Waals surface area contributed by atoms with Crippen LogP contribution in [0.25, 0.3) is 0 Å². The number of halogens is 3. The fraction of sp³-hybridized carbons (Fsp3) is 0.458. The highest BCUT2D eigenvalue weighted by atomic mass is 35.5. The molecule has 0 saturated heterocycles. The summed E-state index contributed by atoms with van der Waals surface area (Å²) in [5.74, 6) is -0.534. The van der Waals surface area contributed by atoms with E-state index in [0.717, 1.165) is 0 Å². The summed E-state index contributed by atoms with van der Waals surface area (Å²) in [7, 11) is -9.74. The summed E-state index contributed by atoms with van der Waals surface area (Å²) < 4.78 is 94.0. The molecule has 210 valence electrons. The largest absolute Gasteiger partial charge is 0.519 e. The topological polar surface area (TPSA) is 118 Å². The number of benzene rings is 2. The molecule has 0 radical (unpaired) electrons. The van der Waals surface area contributed by atoms with Gasteiger partial charge in [0.2, 0.25) is 0 Å². The van der Waals surface area contributed by atoms with Gasteiger partial charge in [-0.15, -0.1) is 11.6 Å². The molecule has 1 aliphatic carbocycles. The molecule has 0 aliphatic heterocycles. The second kappa shape index (κ2) is 11.0. The lowest BCUT2D eigenvalue weighted by molar-refractivity contribution is 0.142. The van der Waals surface area contributed by atoms with Gasteiger partial charge in [0.05, 0.1) is 18.6 Å². The number of methoxy groups -OCH3 is 2. The maximum atomic E-state index is 15.0. The molecule has 3 rings (SSSR count). The lowest BCUT2D eigenvalue weighted by Gasteiger charge is -2.24. The summed E-state index contributed by atoms with van der Waals surface area (Å²) in [6.07, 6.45) is 0.257. The Balaban J connectivity index is 2.00. The van der Waals surface area contributed by atoms with Gasteiger partial charge in [-0.1, -0.05) is 50.2 Å². The summed E-state index contributed by atoms with van der Waals surface area (Å²) >= 11 is 6.16. The lowest BCUT2D eigenvalue weighted by Crippen LogP contribution is -2.41. The van der Waals surface area contributed by atoms with E-state index in [2.05, 4.69) is 9.44 Å². The van der Waals surface area contributed by atoms with Gasteiger partial charge in [0.25, 0.3) is 0 Å². The third-order valence-corrected chi connectivity index (χ3v) is 9.11. The van der Waals surface area contributed by atoms with Crippen molar-refractivity contribution in [1.82, 2.24) is 0 Å². The molecule has 14 heteroatoms. The second-order valence-electron chi connectivity index (χ2n) is 9.57. The Morgan fingerprint density at radius 3 is 2.05 bits per heavy atom. The molecule has 2 aromatic carbocycles. The molecule has 0 spiro atoms. The number of oxime groups is 1. The highest BCUT2D eigenvalue weighted by Gasteiger charge is 2.63. The van der Waals surface area contributed by atoms with E-state index in [0.29, 0.717) is 16.7 Å². The van der Waals surface area contributed by atoms with Crippen LogP contribution >= 0.6 is 11.6 Å². The van der Waals surface area contributed by atoms with Crippen LogP contribution in [-0.2, 0) is 59.0 Å². The van der Waals surface area contributed by atoms with Crippen molar-refractivity contribution in [3.8, 4) is 5.75 Å². The standard InChI is InChI=1S/C24H28ClF2NO8S2/c1-23(2,3)18-10-16(13-33-4)22(17(11-18)14-34-5)35-37(29,30)24(26,27)38(31,32)36-28-21-19-9-7-6-8-15(19)12-20(21)25/h6-11,20H,12-14H2,1-5H3/b28-21+. The summed E-state index contributed by atoms with van der Waals surface area (Å²) in [6, 6.07) is 9.65. The van der Waals surface area contributed by atoms with Gasteiger partial charge in [-0.05, 0) is 35.1 Å². The minimum absolute atomic E-state index is 0.0949. The van der Waals surface area contributed by atoms with Crippen LogP contribution in [-0.4, -0.2) is 46.7 Å². The normalized spacial score (nSPS) is 17.5. The summed E-state index contributed by atoms with van der Waals surface area (Å²) in [6.45, 7) is 5.23. The smallest absolute Gasteiger partial charge is 0.380 e. The van der Waals surface area contributed by atoms with Crippen LogP contribution in [0.5, 0.6) is 5.75 Å². The van der Waals surface area contributed by atoms with Crippen molar-refractivity contribution < 1.29 is 43.6 Å². The third-order valence-electron chi connectivity index (χ3n) is 5.71. The Kier molecular flexibility index (Phi) is 8.79. The van der Waals surface area contributed by atoms with E-state index in [4.69, 9.17) is 25.3 Å². The second-order valence-corrected chi connectivity index (χ2v) is 13.5. The fourth-order valence-corrected chi connectivity index (χ4v) is 6.06. The first kappa shape index (κ1) is 30.2. The van der Waals surface area contributed by atoms with E-state index in [1.54, 1.807) is 24.3 Å². The van der Waals surface area contributed by atoms with Gasteiger partial charge in [-0.3, -0.25) is 4.28 Å². The molecule has 1 aliphatic rings. The number of ether oxygens (including phenoxy) is 2. The van der Waals surface area contributed by atoms with Gasteiger partial charge in [-0.2, -0.15) is 25.6 Å². The third kappa shape index (κ3) is 5.96. The van der Waals surface area contributed by atoms with Gasteiger partial charge in [0, 0.05) is 30.9 Å². The Bertz CT molecular complexity index is 1410. The summed E-state index contributed by atoms with van der Waals surface area (Å²) in [5, 5.41) is 2.43. The number of alkyl halides is 3. The molecule has 1 atom stereocenters. The SMILES string of the molecule is COCc1cc(C(C)(C)C)cc(COC)c1OS(=O)(=O)C(F)(F)S(=O)(=O)O/N=C1\c2ccccc2CC1Cl. The Labute approximate surface area is 225 Å². The monoisotopic (exact) mass is 595 g/mol. The van der Waals surface area contributed by atoms with Crippen molar-refractivity contribution in [2.75, 3.05) is 14.2 Å². The van der Waals surface area contributed by atoms with E-state index in [-0.39, 0.29) is 36.5 Å². The number of nitrogens with zero attached hydrogens (tertiary/aromatic N) is 1. The molecule has 2 aromatic rings. The lowest BCUT2D eigenvalue weighted by atomic mass is 9.85. The molecular formula is C24H28ClF2NO8S2. The van der Waals surface area contributed by atoms with Crippen LogP contribution in [0, 0.1) is 0 Å². The van der Waals surface area contributed by atoms with Gasteiger partial charge < -0.3 is 13.7 Å². The fourth-order valence-electron chi connectivity index (χ4n) is 3.75. The first-order valence-corrected chi connectivity index (χ1v) is 14.5. The predicted molar refractivity (Wildman–Crippen MR) is 137 cm³/mol. The van der Waals surface area contributed by atoms with Crippen molar-refractivity contribution in [3.63, 3.8) is 0 Å². The molecule has 0 fully saturated rings. The first-order chi connectivity index (χ1) is 17.6. The Hall–Kier alpha value is -2.32. The van der Waals surface area contributed by atoms with E-state index in [9.17, 15) is 16.8 Å². The number of hydrogen-bond acceptors (Lipinski definition) is 9. The average Bonchev–Trinajstić information content (AvgIpc) is 3.13. The molecule has 0 saturated carbocycles. The van der Waals surface area contributed by atoms with E-state index < -0.39 is 41.4 Å². The van der Waals surface area contributed by atoms with Crippen LogP contribution in [0.4, 0.5) is 8.78 Å². The van der Waals surface area contributed by atoms with Crippen molar-refractivity contribution in [2.45, 2.75) is 55.8 Å². The van der Waals surface area contributed by atoms with Crippen LogP contribution in [0.1, 0.15) is 48.6 Å². The van der Waals surface area contributed by atoms with Crippen molar-refractivity contribution >= 4 is 37.5 Å². The molecule has 0 aromatic heterocycles. The Morgan fingerprint density at radius 1 is 0.974 bits per heavy atom. The van der Waals surface area contributed by atoms with E-state index in [1.165, 1.54) is 26.4 Å². The van der Waals surface area contributed by atoms with Gasteiger partial charge in [0.15, 0.2) is 5.75 Å². The highest BCUT2D eigenvalue weighted by Crippen LogP contribution is 2.38. The van der Waals surface area contributed by atoms with Crippen LogP contribution in [0.3, 0.4) is 0 Å². The zero-order valence-corrected chi connectivity index (χ0v) is 23.7. The maximum Gasteiger partial charge on any atom is 0.519 e. The summed E-state index contributed by atoms with van der Waals surface area (Å²) in [4.78, 5) is 0.